The SMILES string of the molecule is CC1(C)c2ccccc2-c2cc3c(cc21)c1ccc(-c2ccc(-c4cccc5ccccc45)c4ccccc24)cc1n3-c1ccccc1. The Morgan fingerprint density at radius 3 is 1.85 bits per heavy atom. The normalized spacial score (nSPS) is 13.4. The smallest absolute Gasteiger partial charge is 0.0547 e. The van der Waals surface area contributed by atoms with Gasteiger partial charge in [-0.2, -0.15) is 0 Å². The second kappa shape index (κ2) is 10.0. The van der Waals surface area contributed by atoms with Gasteiger partial charge in [-0.15, -0.1) is 0 Å². The molecule has 0 atom stereocenters. The lowest BCUT2D eigenvalue weighted by molar-refractivity contribution is 0.661. The third-order valence-electron chi connectivity index (χ3n) is 10.8. The standard InChI is InChI=1S/C47H33N/c1-47(2)43-22-11-10-20-39(43)41-29-46-42(28-44(41)47)40-24-23-31(27-45(40)48(46)32-15-4-3-5-16-32)34-25-26-38(37-19-9-8-18-35(34)37)36-21-12-14-30-13-6-7-17-33(30)36/h3-29H,1-2H3. The summed E-state index contributed by atoms with van der Waals surface area (Å²) in [6.45, 7) is 4.73. The van der Waals surface area contributed by atoms with Crippen LogP contribution in [0.2, 0.25) is 0 Å². The van der Waals surface area contributed by atoms with E-state index in [1.54, 1.807) is 0 Å². The first kappa shape index (κ1) is 27.2. The van der Waals surface area contributed by atoms with Crippen LogP contribution in [0.4, 0.5) is 0 Å². The molecule has 8 aromatic carbocycles. The molecule has 0 N–H and O–H groups in total. The molecule has 0 spiro atoms. The zero-order valence-electron chi connectivity index (χ0n) is 27.0. The monoisotopic (exact) mass is 611 g/mol. The van der Waals surface area contributed by atoms with E-state index in [1.807, 2.05) is 0 Å². The molecule has 1 aliphatic rings. The molecule has 1 aliphatic carbocycles. The van der Waals surface area contributed by atoms with Crippen LogP contribution in [-0.4, -0.2) is 4.57 Å². The van der Waals surface area contributed by atoms with Gasteiger partial charge < -0.3 is 4.57 Å². The van der Waals surface area contributed by atoms with Gasteiger partial charge in [-0.25, -0.2) is 0 Å². The molecule has 0 radical (unpaired) electrons. The Morgan fingerprint density at radius 2 is 1.00 bits per heavy atom. The molecule has 1 heterocycles. The first-order valence-corrected chi connectivity index (χ1v) is 16.9. The van der Waals surface area contributed by atoms with E-state index in [9.17, 15) is 0 Å². The molecule has 0 amide bonds. The zero-order valence-corrected chi connectivity index (χ0v) is 27.0. The van der Waals surface area contributed by atoms with Crippen molar-refractivity contribution in [1.29, 1.82) is 0 Å². The van der Waals surface area contributed by atoms with Crippen molar-refractivity contribution in [2.24, 2.45) is 0 Å². The van der Waals surface area contributed by atoms with Gasteiger partial charge in [0.1, 0.15) is 0 Å². The summed E-state index contributed by atoms with van der Waals surface area (Å²) in [5.41, 5.74) is 14.1. The summed E-state index contributed by atoms with van der Waals surface area (Å²) in [5, 5.41) is 7.67. The minimum absolute atomic E-state index is 0.0496. The molecule has 10 rings (SSSR count). The van der Waals surface area contributed by atoms with Crippen LogP contribution in [0.25, 0.3) is 82.4 Å². The lowest BCUT2D eigenvalue weighted by atomic mass is 9.82. The van der Waals surface area contributed by atoms with E-state index in [0.29, 0.717) is 0 Å². The van der Waals surface area contributed by atoms with Gasteiger partial charge in [-0.3, -0.25) is 0 Å². The summed E-state index contributed by atoms with van der Waals surface area (Å²) in [4.78, 5) is 0. The van der Waals surface area contributed by atoms with Crippen molar-refractivity contribution in [3.63, 3.8) is 0 Å². The number of hydrogen-bond acceptors (Lipinski definition) is 0. The highest BCUT2D eigenvalue weighted by Crippen LogP contribution is 2.51. The molecule has 1 heteroatoms. The molecule has 0 bridgehead atoms. The zero-order chi connectivity index (χ0) is 32.0. The lowest BCUT2D eigenvalue weighted by Crippen LogP contribution is -2.14. The Hall–Kier alpha value is -5.92. The molecule has 0 saturated carbocycles. The van der Waals surface area contributed by atoms with Gasteiger partial charge in [0, 0.05) is 21.9 Å². The molecule has 0 saturated heterocycles. The fourth-order valence-electron chi connectivity index (χ4n) is 8.48. The highest BCUT2D eigenvalue weighted by molar-refractivity contribution is 6.14. The number of fused-ring (bicyclic) bond motifs is 8. The molecule has 0 unspecified atom stereocenters. The summed E-state index contributed by atoms with van der Waals surface area (Å²) in [7, 11) is 0. The number of rotatable bonds is 3. The topological polar surface area (TPSA) is 4.93 Å². The second-order valence-corrected chi connectivity index (χ2v) is 13.7. The third-order valence-corrected chi connectivity index (χ3v) is 10.8. The van der Waals surface area contributed by atoms with Gasteiger partial charge in [0.2, 0.25) is 0 Å². The number of aromatic nitrogens is 1. The molecule has 1 aromatic heterocycles. The van der Waals surface area contributed by atoms with Gasteiger partial charge >= 0.3 is 0 Å². The Labute approximate surface area is 280 Å². The average Bonchev–Trinajstić information content (AvgIpc) is 3.58. The predicted molar refractivity (Wildman–Crippen MR) is 204 cm³/mol. The molecular formula is C47H33N. The maximum Gasteiger partial charge on any atom is 0.0547 e. The van der Waals surface area contributed by atoms with Crippen molar-refractivity contribution in [3.05, 3.63) is 175 Å². The highest BCUT2D eigenvalue weighted by atomic mass is 15.0. The summed E-state index contributed by atoms with van der Waals surface area (Å²) >= 11 is 0. The van der Waals surface area contributed by atoms with E-state index in [0.717, 1.165) is 0 Å². The summed E-state index contributed by atoms with van der Waals surface area (Å²) in [6.07, 6.45) is 0. The molecule has 48 heavy (non-hydrogen) atoms. The van der Waals surface area contributed by atoms with Crippen molar-refractivity contribution in [1.82, 2.24) is 4.57 Å². The van der Waals surface area contributed by atoms with Crippen molar-refractivity contribution >= 4 is 43.4 Å². The Morgan fingerprint density at radius 1 is 0.375 bits per heavy atom. The Bertz CT molecular complexity index is 2740. The van der Waals surface area contributed by atoms with E-state index >= 15 is 0 Å². The van der Waals surface area contributed by atoms with Crippen LogP contribution in [0, 0.1) is 0 Å². The summed E-state index contributed by atoms with van der Waals surface area (Å²) < 4.78 is 2.47. The fourth-order valence-corrected chi connectivity index (χ4v) is 8.48. The van der Waals surface area contributed by atoms with E-state index < -0.39 is 0 Å². The largest absolute Gasteiger partial charge is 0.309 e. The molecule has 0 fully saturated rings. The highest BCUT2D eigenvalue weighted by Gasteiger charge is 2.36. The van der Waals surface area contributed by atoms with Crippen molar-refractivity contribution in [3.8, 4) is 39.1 Å². The first-order valence-electron chi connectivity index (χ1n) is 16.9. The molecule has 9 aromatic rings. The number of para-hydroxylation sites is 1. The van der Waals surface area contributed by atoms with Gasteiger partial charge in [0.25, 0.3) is 0 Å². The number of benzene rings is 8. The van der Waals surface area contributed by atoms with Gasteiger partial charge in [-0.05, 0) is 96.4 Å². The fraction of sp³-hybridized carbons (Fsp3) is 0.0638. The van der Waals surface area contributed by atoms with Gasteiger partial charge in [0.15, 0.2) is 0 Å². The molecular weight excluding hydrogens is 579 g/mol. The average molecular weight is 612 g/mol. The Kier molecular flexibility index (Phi) is 5.69. The minimum atomic E-state index is -0.0496. The van der Waals surface area contributed by atoms with E-state index in [2.05, 4.69) is 182 Å². The van der Waals surface area contributed by atoms with Crippen molar-refractivity contribution < 1.29 is 0 Å². The Balaban J connectivity index is 1.23. The van der Waals surface area contributed by atoms with E-state index in [-0.39, 0.29) is 5.41 Å². The lowest BCUT2D eigenvalue weighted by Gasteiger charge is -2.21. The number of hydrogen-bond donors (Lipinski definition) is 0. The van der Waals surface area contributed by atoms with Crippen LogP contribution >= 0.6 is 0 Å². The minimum Gasteiger partial charge on any atom is -0.309 e. The second-order valence-electron chi connectivity index (χ2n) is 13.7. The van der Waals surface area contributed by atoms with Crippen molar-refractivity contribution in [2.75, 3.05) is 0 Å². The van der Waals surface area contributed by atoms with Crippen molar-refractivity contribution in [2.45, 2.75) is 19.3 Å². The first-order chi connectivity index (χ1) is 23.6. The van der Waals surface area contributed by atoms with Crippen LogP contribution in [0.1, 0.15) is 25.0 Å². The third kappa shape index (κ3) is 3.79. The quantitative estimate of drug-likeness (QED) is 0.187. The molecule has 1 nitrogen and oxygen atoms in total. The van der Waals surface area contributed by atoms with Crippen LogP contribution in [-0.2, 0) is 5.41 Å². The van der Waals surface area contributed by atoms with Crippen LogP contribution in [0.5, 0.6) is 0 Å². The van der Waals surface area contributed by atoms with Gasteiger partial charge in [-0.1, -0.05) is 147 Å². The number of nitrogens with zero attached hydrogens (tertiary/aromatic N) is 1. The summed E-state index contributed by atoms with van der Waals surface area (Å²) in [5.74, 6) is 0. The molecule has 0 aliphatic heterocycles. The predicted octanol–water partition coefficient (Wildman–Crippen LogP) is 12.7. The van der Waals surface area contributed by atoms with E-state index in [1.165, 1.54) is 93.5 Å². The van der Waals surface area contributed by atoms with Gasteiger partial charge in [0.05, 0.1) is 11.0 Å². The maximum atomic E-state index is 2.47. The van der Waals surface area contributed by atoms with Crippen LogP contribution in [0.15, 0.2) is 164 Å². The maximum absolute atomic E-state index is 2.47. The molecule has 226 valence electrons. The van der Waals surface area contributed by atoms with E-state index in [4.69, 9.17) is 0 Å². The van der Waals surface area contributed by atoms with Crippen LogP contribution < -0.4 is 0 Å². The summed E-state index contributed by atoms with van der Waals surface area (Å²) in [6, 6.07) is 60.6. The van der Waals surface area contributed by atoms with Crippen LogP contribution in [0.3, 0.4) is 0 Å².